The highest BCUT2D eigenvalue weighted by molar-refractivity contribution is 5.29. The van der Waals surface area contributed by atoms with E-state index in [0.717, 1.165) is 17.2 Å². The monoisotopic (exact) mass is 268 g/mol. The van der Waals surface area contributed by atoms with Crippen LogP contribution in [0.3, 0.4) is 0 Å². The van der Waals surface area contributed by atoms with Crippen molar-refractivity contribution in [2.24, 2.45) is 7.05 Å². The highest BCUT2D eigenvalue weighted by Crippen LogP contribution is 2.17. The summed E-state index contributed by atoms with van der Waals surface area (Å²) in [5.41, 5.74) is 1.78. The van der Waals surface area contributed by atoms with E-state index in [1.165, 1.54) is 0 Å². The second-order valence-corrected chi connectivity index (χ2v) is 4.51. The molecule has 1 unspecified atom stereocenters. The van der Waals surface area contributed by atoms with Crippen LogP contribution in [0.25, 0.3) is 5.69 Å². The molecule has 0 saturated heterocycles. The van der Waals surface area contributed by atoms with Crippen molar-refractivity contribution in [2.45, 2.75) is 6.04 Å². The third-order valence-corrected chi connectivity index (χ3v) is 3.20. The van der Waals surface area contributed by atoms with E-state index < -0.39 is 0 Å². The molecule has 0 aliphatic heterocycles. The molecule has 0 spiro atoms. The van der Waals surface area contributed by atoms with E-state index in [1.54, 1.807) is 17.2 Å². The van der Waals surface area contributed by atoms with Gasteiger partial charge in [-0.05, 0) is 19.2 Å². The maximum absolute atomic E-state index is 4.54. The first-order chi connectivity index (χ1) is 9.79. The molecule has 1 aromatic carbocycles. The van der Waals surface area contributed by atoms with Crippen molar-refractivity contribution in [3.63, 3.8) is 0 Å². The molecule has 1 N–H and O–H groups in total. The van der Waals surface area contributed by atoms with Gasteiger partial charge in [-0.3, -0.25) is 0 Å². The molecule has 0 bridgehead atoms. The minimum atomic E-state index is -0.0764. The highest BCUT2D eigenvalue weighted by Gasteiger charge is 2.19. The molecule has 0 saturated carbocycles. The molecule has 0 aliphatic rings. The Labute approximate surface area is 117 Å². The number of nitrogens with zero attached hydrogens (tertiary/aromatic N) is 5. The van der Waals surface area contributed by atoms with Crippen molar-refractivity contribution in [2.75, 3.05) is 7.05 Å². The normalized spacial score (nSPS) is 12.5. The molecule has 1 atom stereocenters. The van der Waals surface area contributed by atoms with Crippen LogP contribution < -0.4 is 5.32 Å². The maximum atomic E-state index is 4.54. The quantitative estimate of drug-likeness (QED) is 0.775. The van der Waals surface area contributed by atoms with Gasteiger partial charge in [0.25, 0.3) is 0 Å². The predicted octanol–water partition coefficient (Wildman–Crippen LogP) is 1.31. The summed E-state index contributed by atoms with van der Waals surface area (Å²) in [5, 5.41) is 12.1. The zero-order valence-corrected chi connectivity index (χ0v) is 11.4. The van der Waals surface area contributed by atoms with Gasteiger partial charge in [-0.15, -0.1) is 0 Å². The van der Waals surface area contributed by atoms with E-state index in [4.69, 9.17) is 0 Å². The maximum Gasteiger partial charge on any atom is 0.131 e. The zero-order chi connectivity index (χ0) is 13.9. The lowest BCUT2D eigenvalue weighted by Gasteiger charge is -2.12. The Morgan fingerprint density at radius 2 is 2.00 bits per heavy atom. The van der Waals surface area contributed by atoms with Gasteiger partial charge in [0.2, 0.25) is 0 Å². The molecule has 3 aromatic rings. The van der Waals surface area contributed by atoms with Crippen LogP contribution in [-0.4, -0.2) is 31.6 Å². The second-order valence-electron chi connectivity index (χ2n) is 4.51. The predicted molar refractivity (Wildman–Crippen MR) is 75.5 cm³/mol. The fraction of sp³-hybridized carbons (Fsp3) is 0.214. The second kappa shape index (κ2) is 5.26. The Hall–Kier alpha value is -2.47. The Morgan fingerprint density at radius 1 is 1.20 bits per heavy atom. The van der Waals surface area contributed by atoms with Crippen molar-refractivity contribution in [1.29, 1.82) is 0 Å². The molecule has 0 aliphatic carbocycles. The molecule has 3 rings (SSSR count). The molecule has 102 valence electrons. The Morgan fingerprint density at radius 3 is 2.65 bits per heavy atom. The number of rotatable bonds is 4. The summed E-state index contributed by atoms with van der Waals surface area (Å²) in [6.45, 7) is 0. The number of hydrogen-bond donors (Lipinski definition) is 1. The Kier molecular flexibility index (Phi) is 3.30. The third-order valence-electron chi connectivity index (χ3n) is 3.20. The molecule has 6 nitrogen and oxygen atoms in total. The summed E-state index contributed by atoms with van der Waals surface area (Å²) in [4.78, 5) is 6.00. The van der Waals surface area contributed by atoms with Crippen LogP contribution in [-0.2, 0) is 7.05 Å². The fourth-order valence-corrected chi connectivity index (χ4v) is 2.16. The molecule has 2 aromatic heterocycles. The van der Waals surface area contributed by atoms with Gasteiger partial charge in [-0.25, -0.2) is 4.98 Å². The number of hydrogen-bond acceptors (Lipinski definition) is 4. The molecule has 0 radical (unpaired) electrons. The minimum absolute atomic E-state index is 0.0764. The summed E-state index contributed by atoms with van der Waals surface area (Å²) in [7, 11) is 3.86. The number of benzene rings is 1. The van der Waals surface area contributed by atoms with E-state index >= 15 is 0 Å². The standard InChI is InChI=1S/C14H16N6/c1-15-13(14-16-8-9-19(14)2)12-10-17-20(18-12)11-6-4-3-5-7-11/h3-10,13,15H,1-2H3. The van der Waals surface area contributed by atoms with Gasteiger partial charge in [0.1, 0.15) is 17.6 Å². The third kappa shape index (κ3) is 2.21. The lowest BCUT2D eigenvalue weighted by molar-refractivity contribution is 0.593. The Balaban J connectivity index is 1.95. The van der Waals surface area contributed by atoms with Gasteiger partial charge in [0, 0.05) is 19.4 Å². The van der Waals surface area contributed by atoms with Crippen molar-refractivity contribution >= 4 is 0 Å². The summed E-state index contributed by atoms with van der Waals surface area (Å²) >= 11 is 0. The van der Waals surface area contributed by atoms with Crippen LogP contribution in [0.5, 0.6) is 0 Å². The van der Waals surface area contributed by atoms with Crippen LogP contribution in [0.1, 0.15) is 17.6 Å². The van der Waals surface area contributed by atoms with Crippen LogP contribution in [0.4, 0.5) is 0 Å². The van der Waals surface area contributed by atoms with E-state index in [-0.39, 0.29) is 6.04 Å². The highest BCUT2D eigenvalue weighted by atomic mass is 15.5. The van der Waals surface area contributed by atoms with Crippen LogP contribution in [0, 0.1) is 0 Å². The molecule has 0 amide bonds. The van der Waals surface area contributed by atoms with Crippen molar-refractivity contribution in [3.8, 4) is 5.69 Å². The van der Waals surface area contributed by atoms with E-state index in [9.17, 15) is 0 Å². The molecule has 0 fully saturated rings. The minimum Gasteiger partial charge on any atom is -0.336 e. The van der Waals surface area contributed by atoms with Crippen LogP contribution >= 0.6 is 0 Å². The van der Waals surface area contributed by atoms with Crippen molar-refractivity contribution < 1.29 is 0 Å². The zero-order valence-electron chi connectivity index (χ0n) is 11.4. The van der Waals surface area contributed by atoms with Gasteiger partial charge in [-0.1, -0.05) is 18.2 Å². The van der Waals surface area contributed by atoms with E-state index in [2.05, 4.69) is 20.5 Å². The number of nitrogens with one attached hydrogen (secondary N) is 1. The van der Waals surface area contributed by atoms with Gasteiger partial charge >= 0.3 is 0 Å². The van der Waals surface area contributed by atoms with E-state index in [1.807, 2.05) is 55.2 Å². The topological polar surface area (TPSA) is 60.6 Å². The van der Waals surface area contributed by atoms with Gasteiger partial charge in [0.05, 0.1) is 11.9 Å². The average molecular weight is 268 g/mol. The van der Waals surface area contributed by atoms with Crippen LogP contribution in [0.15, 0.2) is 48.9 Å². The number of aromatic nitrogens is 5. The van der Waals surface area contributed by atoms with E-state index in [0.29, 0.717) is 0 Å². The SMILES string of the molecule is CNC(c1cnn(-c2ccccc2)n1)c1nccn1C. The van der Waals surface area contributed by atoms with Gasteiger partial charge < -0.3 is 9.88 Å². The first kappa shape index (κ1) is 12.6. The van der Waals surface area contributed by atoms with Crippen molar-refractivity contribution in [1.82, 2.24) is 29.9 Å². The van der Waals surface area contributed by atoms with Crippen molar-refractivity contribution in [3.05, 3.63) is 60.4 Å². The van der Waals surface area contributed by atoms with Gasteiger partial charge in [-0.2, -0.15) is 15.0 Å². The lowest BCUT2D eigenvalue weighted by Crippen LogP contribution is -2.21. The van der Waals surface area contributed by atoms with Gasteiger partial charge in [0.15, 0.2) is 0 Å². The molecule has 2 heterocycles. The lowest BCUT2D eigenvalue weighted by atomic mass is 10.2. The fourth-order valence-electron chi connectivity index (χ4n) is 2.16. The van der Waals surface area contributed by atoms with Crippen LogP contribution in [0.2, 0.25) is 0 Å². The molecular formula is C14H16N6. The summed E-state index contributed by atoms with van der Waals surface area (Å²) in [5.74, 6) is 0.910. The molecule has 20 heavy (non-hydrogen) atoms. The average Bonchev–Trinajstić information content (AvgIpc) is 3.12. The molecule has 6 heteroatoms. The summed E-state index contributed by atoms with van der Waals surface area (Å²) in [6.07, 6.45) is 5.46. The molecular weight excluding hydrogens is 252 g/mol. The smallest absolute Gasteiger partial charge is 0.131 e. The first-order valence-corrected chi connectivity index (χ1v) is 6.41. The largest absolute Gasteiger partial charge is 0.336 e. The summed E-state index contributed by atoms with van der Waals surface area (Å²) < 4.78 is 1.97. The Bertz CT molecular complexity index is 685. The summed E-state index contributed by atoms with van der Waals surface area (Å²) in [6, 6.07) is 9.77. The first-order valence-electron chi connectivity index (χ1n) is 6.41. The number of para-hydroxylation sites is 1. The number of aryl methyl sites for hydroxylation is 1. The number of imidazole rings is 1.